The minimum atomic E-state index is -0.559. The molecule has 0 radical (unpaired) electrons. The summed E-state index contributed by atoms with van der Waals surface area (Å²) < 4.78 is 26.5. The highest BCUT2D eigenvalue weighted by Crippen LogP contribution is 2.41. The normalized spacial score (nSPS) is 19.7. The lowest BCUT2D eigenvalue weighted by Gasteiger charge is -2.45. The van der Waals surface area contributed by atoms with Crippen molar-refractivity contribution in [1.29, 1.82) is 0 Å². The van der Waals surface area contributed by atoms with Crippen molar-refractivity contribution in [3.8, 4) is 0 Å². The molecular weight excluding hydrogens is 310 g/mol. The molecule has 0 bridgehead atoms. The highest BCUT2D eigenvalue weighted by molar-refractivity contribution is 5.75. The molecule has 1 N–H and O–H groups in total. The van der Waals surface area contributed by atoms with Crippen LogP contribution in [0.15, 0.2) is 18.2 Å². The summed E-state index contributed by atoms with van der Waals surface area (Å²) in [4.78, 5) is 14.6. The van der Waals surface area contributed by atoms with E-state index in [1.165, 1.54) is 31.4 Å². The Morgan fingerprint density at radius 2 is 1.83 bits per heavy atom. The van der Waals surface area contributed by atoms with Gasteiger partial charge in [-0.05, 0) is 56.6 Å². The summed E-state index contributed by atoms with van der Waals surface area (Å²) in [5, 5.41) is 3.00. The number of nitrogens with one attached hydrogen (secondary N) is 1. The number of urea groups is 1. The van der Waals surface area contributed by atoms with Crippen LogP contribution in [0.2, 0.25) is 0 Å². The molecule has 0 unspecified atom stereocenters. The molecule has 2 aliphatic rings. The van der Waals surface area contributed by atoms with Crippen molar-refractivity contribution in [2.24, 2.45) is 0 Å². The van der Waals surface area contributed by atoms with Gasteiger partial charge < -0.3 is 10.2 Å². The van der Waals surface area contributed by atoms with Crippen molar-refractivity contribution in [2.75, 3.05) is 13.1 Å². The summed E-state index contributed by atoms with van der Waals surface area (Å²) in [6.07, 6.45) is 9.25. The Morgan fingerprint density at radius 3 is 2.54 bits per heavy atom. The van der Waals surface area contributed by atoms with Crippen LogP contribution in [-0.4, -0.2) is 29.6 Å². The summed E-state index contributed by atoms with van der Waals surface area (Å²) in [6, 6.07) is 3.68. The van der Waals surface area contributed by atoms with Gasteiger partial charge in [0.05, 0.1) is 0 Å². The van der Waals surface area contributed by atoms with E-state index in [1.807, 2.05) is 0 Å². The maximum absolute atomic E-state index is 13.6. The number of carbonyl (C=O) groups excluding carboxylic acids is 1. The molecule has 2 amide bonds. The van der Waals surface area contributed by atoms with Crippen LogP contribution in [0.25, 0.3) is 0 Å². The fourth-order valence-electron chi connectivity index (χ4n) is 4.26. The smallest absolute Gasteiger partial charge is 0.317 e. The van der Waals surface area contributed by atoms with Crippen LogP contribution >= 0.6 is 0 Å². The van der Waals surface area contributed by atoms with Gasteiger partial charge in [0.25, 0.3) is 0 Å². The van der Waals surface area contributed by atoms with E-state index >= 15 is 0 Å². The Bertz CT molecular complexity index is 585. The first-order valence-electron chi connectivity index (χ1n) is 9.10. The lowest BCUT2D eigenvalue weighted by Crippen LogP contribution is -2.56. The molecule has 1 aliphatic carbocycles. The maximum Gasteiger partial charge on any atom is 0.317 e. The van der Waals surface area contributed by atoms with E-state index < -0.39 is 11.6 Å². The molecular formula is C19H26F2N2O. The Morgan fingerprint density at radius 1 is 1.12 bits per heavy atom. The molecule has 1 spiro atoms. The van der Waals surface area contributed by atoms with Crippen molar-refractivity contribution < 1.29 is 13.6 Å². The first-order valence-corrected chi connectivity index (χ1v) is 9.10. The van der Waals surface area contributed by atoms with Crippen molar-refractivity contribution in [2.45, 2.75) is 63.3 Å². The Balaban J connectivity index is 1.48. The molecule has 5 heteroatoms. The molecule has 1 saturated carbocycles. The highest BCUT2D eigenvalue weighted by Gasteiger charge is 2.43. The number of nitrogens with zero attached hydrogens (tertiary/aromatic N) is 1. The summed E-state index contributed by atoms with van der Waals surface area (Å²) in [5.74, 6) is -1.07. The summed E-state index contributed by atoms with van der Waals surface area (Å²) >= 11 is 0. The van der Waals surface area contributed by atoms with Crippen molar-refractivity contribution >= 4 is 6.03 Å². The van der Waals surface area contributed by atoms with Crippen LogP contribution in [0, 0.1) is 11.6 Å². The fourth-order valence-corrected chi connectivity index (χ4v) is 4.26. The minimum Gasteiger partial charge on any atom is -0.338 e. The zero-order chi connectivity index (χ0) is 17.0. The van der Waals surface area contributed by atoms with Crippen molar-refractivity contribution in [1.82, 2.24) is 10.2 Å². The Labute approximate surface area is 142 Å². The lowest BCUT2D eigenvalue weighted by molar-refractivity contribution is 0.0806. The number of halogens is 2. The van der Waals surface area contributed by atoms with Gasteiger partial charge in [0.2, 0.25) is 0 Å². The van der Waals surface area contributed by atoms with E-state index in [9.17, 15) is 13.6 Å². The first-order chi connectivity index (χ1) is 11.6. The number of likely N-dealkylation sites (tertiary alicyclic amines) is 1. The zero-order valence-electron chi connectivity index (χ0n) is 14.1. The maximum atomic E-state index is 13.6. The number of rotatable bonds is 4. The SMILES string of the molecule is O=C(NCCCc1ccc(F)cc1F)N1CCCCC12CCCC2. The van der Waals surface area contributed by atoms with Gasteiger partial charge in [-0.3, -0.25) is 0 Å². The van der Waals surface area contributed by atoms with E-state index in [0.717, 1.165) is 38.3 Å². The molecule has 1 aromatic carbocycles. The Kier molecular flexibility index (Phi) is 5.36. The number of hydrogen-bond acceptors (Lipinski definition) is 1. The molecule has 3 nitrogen and oxygen atoms in total. The summed E-state index contributed by atoms with van der Waals surface area (Å²) in [7, 11) is 0. The molecule has 1 aromatic rings. The molecule has 1 aliphatic heterocycles. The van der Waals surface area contributed by atoms with Crippen LogP contribution in [-0.2, 0) is 6.42 Å². The first kappa shape index (κ1) is 17.2. The van der Waals surface area contributed by atoms with Gasteiger partial charge in [-0.25, -0.2) is 13.6 Å². The number of aryl methyl sites for hydroxylation is 1. The largest absolute Gasteiger partial charge is 0.338 e. The van der Waals surface area contributed by atoms with Crippen molar-refractivity contribution in [3.05, 3.63) is 35.4 Å². The molecule has 1 heterocycles. The predicted octanol–water partition coefficient (Wildman–Crippen LogP) is 4.41. The monoisotopic (exact) mass is 336 g/mol. The van der Waals surface area contributed by atoms with Gasteiger partial charge >= 0.3 is 6.03 Å². The average molecular weight is 336 g/mol. The van der Waals surface area contributed by atoms with Gasteiger partial charge in [0.15, 0.2) is 0 Å². The second-order valence-corrected chi connectivity index (χ2v) is 7.11. The quantitative estimate of drug-likeness (QED) is 0.812. The second-order valence-electron chi connectivity index (χ2n) is 7.11. The number of piperidine rings is 1. The van der Waals surface area contributed by atoms with E-state index in [1.54, 1.807) is 0 Å². The third-order valence-corrected chi connectivity index (χ3v) is 5.54. The molecule has 3 rings (SSSR count). The van der Waals surface area contributed by atoms with Gasteiger partial charge in [0.1, 0.15) is 11.6 Å². The van der Waals surface area contributed by atoms with E-state index in [0.29, 0.717) is 24.9 Å². The molecule has 1 saturated heterocycles. The number of hydrogen-bond donors (Lipinski definition) is 1. The van der Waals surface area contributed by atoms with Crippen LogP contribution in [0.1, 0.15) is 56.9 Å². The third kappa shape index (κ3) is 3.70. The van der Waals surface area contributed by atoms with Crippen LogP contribution in [0.3, 0.4) is 0 Å². The van der Waals surface area contributed by atoms with Gasteiger partial charge in [-0.15, -0.1) is 0 Å². The van der Waals surface area contributed by atoms with E-state index in [4.69, 9.17) is 0 Å². The average Bonchev–Trinajstić information content (AvgIpc) is 3.02. The van der Waals surface area contributed by atoms with Gasteiger partial charge in [-0.1, -0.05) is 18.9 Å². The topological polar surface area (TPSA) is 32.3 Å². The van der Waals surface area contributed by atoms with Crippen LogP contribution < -0.4 is 5.32 Å². The Hall–Kier alpha value is -1.65. The standard InChI is InChI=1S/C19H26F2N2O/c20-16-8-7-15(17(21)14-16)6-5-12-22-18(24)23-13-4-3-11-19(23)9-1-2-10-19/h7-8,14H,1-6,9-13H2,(H,22,24). The predicted molar refractivity (Wildman–Crippen MR) is 89.8 cm³/mol. The number of carbonyl (C=O) groups is 1. The minimum absolute atomic E-state index is 0.0242. The number of amides is 2. The van der Waals surface area contributed by atoms with E-state index in [-0.39, 0.29) is 11.6 Å². The molecule has 0 atom stereocenters. The molecule has 132 valence electrons. The molecule has 2 fully saturated rings. The highest BCUT2D eigenvalue weighted by atomic mass is 19.1. The molecule has 0 aromatic heterocycles. The zero-order valence-corrected chi connectivity index (χ0v) is 14.1. The van der Waals surface area contributed by atoms with Crippen LogP contribution in [0.5, 0.6) is 0 Å². The lowest BCUT2D eigenvalue weighted by atomic mass is 9.85. The summed E-state index contributed by atoms with van der Waals surface area (Å²) in [5.41, 5.74) is 0.585. The van der Waals surface area contributed by atoms with Gasteiger partial charge in [0, 0.05) is 24.7 Å². The van der Waals surface area contributed by atoms with Crippen LogP contribution in [0.4, 0.5) is 13.6 Å². The summed E-state index contributed by atoms with van der Waals surface area (Å²) in [6.45, 7) is 1.36. The number of benzene rings is 1. The van der Waals surface area contributed by atoms with E-state index in [2.05, 4.69) is 10.2 Å². The van der Waals surface area contributed by atoms with Gasteiger partial charge in [-0.2, -0.15) is 0 Å². The van der Waals surface area contributed by atoms with Crippen molar-refractivity contribution in [3.63, 3.8) is 0 Å². The molecule has 24 heavy (non-hydrogen) atoms. The fraction of sp³-hybridized carbons (Fsp3) is 0.632. The second kappa shape index (κ2) is 7.49. The third-order valence-electron chi connectivity index (χ3n) is 5.54.